The van der Waals surface area contributed by atoms with Gasteiger partial charge >= 0.3 is 0 Å². The fourth-order valence-corrected chi connectivity index (χ4v) is 1.69. The van der Waals surface area contributed by atoms with Crippen LogP contribution in [0.5, 0.6) is 0 Å². The Kier molecular flexibility index (Phi) is 5.64. The summed E-state index contributed by atoms with van der Waals surface area (Å²) in [5, 5.41) is 0. The van der Waals surface area contributed by atoms with Gasteiger partial charge in [0.05, 0.1) is 0 Å². The van der Waals surface area contributed by atoms with Crippen molar-refractivity contribution in [1.29, 1.82) is 0 Å². The minimum atomic E-state index is 1.25. The van der Waals surface area contributed by atoms with Crippen molar-refractivity contribution in [2.75, 3.05) is 0 Å². The summed E-state index contributed by atoms with van der Waals surface area (Å²) in [6.45, 7) is 17.5. The van der Waals surface area contributed by atoms with Crippen molar-refractivity contribution in [3.63, 3.8) is 0 Å². The van der Waals surface area contributed by atoms with Crippen molar-refractivity contribution in [2.45, 2.75) is 61.8 Å². The van der Waals surface area contributed by atoms with Crippen molar-refractivity contribution in [3.05, 3.63) is 33.4 Å². The molecule has 0 heteroatoms. The fourth-order valence-electron chi connectivity index (χ4n) is 1.69. The van der Waals surface area contributed by atoms with Gasteiger partial charge in [-0.25, -0.2) is 0 Å². The van der Waals surface area contributed by atoms with Crippen molar-refractivity contribution >= 4 is 0 Å². The normalized spacial score (nSPS) is 9.60. The molecule has 0 spiro atoms. The molecule has 0 saturated carbocycles. The average Bonchev–Trinajstić information content (AvgIpc) is 2.22. The Bertz CT molecular complexity index is 227. The van der Waals surface area contributed by atoms with Gasteiger partial charge in [0.25, 0.3) is 0 Å². The van der Waals surface area contributed by atoms with Crippen molar-refractivity contribution in [1.82, 2.24) is 0 Å². The molecule has 0 atom stereocenters. The predicted octanol–water partition coefficient (Wildman–Crippen LogP) is 4.95. The van der Waals surface area contributed by atoms with Gasteiger partial charge in [-0.05, 0) is 74.9 Å². The van der Waals surface area contributed by atoms with E-state index in [0.717, 1.165) is 0 Å². The first-order valence-corrected chi connectivity index (χ1v) is 5.91. The molecular formula is C15H26. The molecule has 86 valence electrons. The molecule has 0 N–H and O–H groups in total. The molecule has 0 aromatic heterocycles. The molecule has 0 radical (unpaired) electrons. The van der Waals surface area contributed by atoms with Gasteiger partial charge in [-0.3, -0.25) is 0 Å². The Hall–Kier alpha value is -0.780. The molecule has 0 bridgehead atoms. The maximum absolute atomic E-state index is 2.21. The molecule has 1 aromatic carbocycles. The van der Waals surface area contributed by atoms with E-state index in [0.29, 0.717) is 0 Å². The van der Waals surface area contributed by atoms with Crippen LogP contribution in [-0.4, -0.2) is 0 Å². The summed E-state index contributed by atoms with van der Waals surface area (Å²) in [4.78, 5) is 0. The van der Waals surface area contributed by atoms with E-state index in [1.54, 1.807) is 0 Å². The van der Waals surface area contributed by atoms with E-state index in [1.165, 1.54) is 39.8 Å². The van der Waals surface area contributed by atoms with Crippen LogP contribution in [0.1, 0.15) is 53.6 Å². The molecule has 0 unspecified atom stereocenters. The molecule has 0 amide bonds. The largest absolute Gasteiger partial charge is 0.0656 e. The highest BCUT2D eigenvalue weighted by Crippen LogP contribution is 2.24. The molecule has 0 saturated heterocycles. The molecule has 1 rings (SSSR count). The fraction of sp³-hybridized carbons (Fsp3) is 0.600. The third-order valence-electron chi connectivity index (χ3n) is 3.38. The van der Waals surface area contributed by atoms with Crippen LogP contribution in [0.2, 0.25) is 0 Å². The summed E-state index contributed by atoms with van der Waals surface area (Å²) in [6, 6.07) is 0. The second-order valence-electron chi connectivity index (χ2n) is 4.46. The molecule has 0 aliphatic carbocycles. The maximum Gasteiger partial charge on any atom is -0.0392 e. The topological polar surface area (TPSA) is 0 Å². The highest BCUT2D eigenvalue weighted by Gasteiger charge is 2.07. The average molecular weight is 206 g/mol. The van der Waals surface area contributed by atoms with E-state index < -0.39 is 0 Å². The second-order valence-corrected chi connectivity index (χ2v) is 4.46. The Balaban J connectivity index is 0.000000583. The van der Waals surface area contributed by atoms with E-state index in [-0.39, 0.29) is 0 Å². The Morgan fingerprint density at radius 2 is 0.533 bits per heavy atom. The quantitative estimate of drug-likeness (QED) is 0.563. The summed E-state index contributed by atoms with van der Waals surface area (Å²) >= 11 is 0. The van der Waals surface area contributed by atoms with Crippen molar-refractivity contribution in [3.8, 4) is 0 Å². The van der Waals surface area contributed by atoms with E-state index >= 15 is 0 Å². The zero-order chi connectivity index (χ0) is 12.2. The van der Waals surface area contributed by atoms with Crippen molar-refractivity contribution < 1.29 is 0 Å². The molecule has 0 aliphatic rings. The monoisotopic (exact) mass is 206 g/mol. The summed E-state index contributed by atoms with van der Waals surface area (Å²) in [5.74, 6) is 0. The number of benzene rings is 1. The summed E-state index contributed by atoms with van der Waals surface area (Å²) < 4.78 is 0. The van der Waals surface area contributed by atoms with Gasteiger partial charge in [0.1, 0.15) is 0 Å². The second kappa shape index (κ2) is 5.95. The Morgan fingerprint density at radius 3 is 0.600 bits per heavy atom. The molecule has 0 heterocycles. The van der Waals surface area contributed by atoms with E-state index in [9.17, 15) is 0 Å². The maximum atomic E-state index is 2.21. The summed E-state index contributed by atoms with van der Waals surface area (Å²) in [6.07, 6.45) is 1.25. The van der Waals surface area contributed by atoms with Gasteiger partial charge in [0.15, 0.2) is 0 Å². The van der Waals surface area contributed by atoms with E-state index in [1.807, 2.05) is 0 Å². The Morgan fingerprint density at radius 1 is 0.467 bits per heavy atom. The van der Waals surface area contributed by atoms with Crippen LogP contribution in [0, 0.1) is 41.5 Å². The lowest BCUT2D eigenvalue weighted by Crippen LogP contribution is -1.98. The van der Waals surface area contributed by atoms with Crippen LogP contribution in [0.25, 0.3) is 0 Å². The lowest BCUT2D eigenvalue weighted by molar-refractivity contribution is 1.09. The minimum absolute atomic E-state index is 1.25. The number of hydrogen-bond acceptors (Lipinski definition) is 0. The first-order valence-electron chi connectivity index (χ1n) is 5.91. The van der Waals surface area contributed by atoms with Crippen LogP contribution in [-0.2, 0) is 0 Å². The van der Waals surface area contributed by atoms with Gasteiger partial charge in [-0.2, -0.15) is 0 Å². The van der Waals surface area contributed by atoms with Crippen LogP contribution in [0.3, 0.4) is 0 Å². The standard InChI is InChI=1S/C12H18.C3H8/c1-7-8(2)10(4)12(6)11(5)9(7)3;1-3-2/h1-6H3;3H2,1-2H3. The highest BCUT2D eigenvalue weighted by molar-refractivity contribution is 5.48. The zero-order valence-electron chi connectivity index (χ0n) is 11.7. The first-order chi connectivity index (χ1) is 6.88. The van der Waals surface area contributed by atoms with Crippen molar-refractivity contribution in [2.24, 2.45) is 0 Å². The number of hydrogen-bond donors (Lipinski definition) is 0. The summed E-state index contributed by atoms with van der Waals surface area (Å²) in [7, 11) is 0. The number of rotatable bonds is 0. The molecule has 0 fully saturated rings. The lowest BCUT2D eigenvalue weighted by atomic mass is 9.90. The molecule has 1 aromatic rings. The van der Waals surface area contributed by atoms with Crippen LogP contribution in [0.15, 0.2) is 0 Å². The van der Waals surface area contributed by atoms with E-state index in [2.05, 4.69) is 55.4 Å². The van der Waals surface area contributed by atoms with E-state index in [4.69, 9.17) is 0 Å². The van der Waals surface area contributed by atoms with Gasteiger partial charge in [-0.1, -0.05) is 20.3 Å². The SMILES string of the molecule is CCC.Cc1c(C)c(C)c(C)c(C)c1C. The van der Waals surface area contributed by atoms with Crippen LogP contribution < -0.4 is 0 Å². The third-order valence-corrected chi connectivity index (χ3v) is 3.38. The first kappa shape index (κ1) is 14.2. The van der Waals surface area contributed by atoms with Crippen LogP contribution >= 0.6 is 0 Å². The molecule has 15 heavy (non-hydrogen) atoms. The summed E-state index contributed by atoms with van der Waals surface area (Å²) in [5.41, 5.74) is 8.73. The lowest BCUT2D eigenvalue weighted by Gasteiger charge is -2.15. The van der Waals surface area contributed by atoms with Crippen LogP contribution in [0.4, 0.5) is 0 Å². The molecule has 0 nitrogen and oxygen atoms in total. The predicted molar refractivity (Wildman–Crippen MR) is 70.8 cm³/mol. The van der Waals surface area contributed by atoms with Gasteiger partial charge in [0, 0.05) is 0 Å². The molecular weight excluding hydrogens is 180 g/mol. The minimum Gasteiger partial charge on any atom is -0.0656 e. The highest BCUT2D eigenvalue weighted by atomic mass is 14.1. The van der Waals surface area contributed by atoms with Gasteiger partial charge < -0.3 is 0 Å². The Labute approximate surface area is 95.7 Å². The van der Waals surface area contributed by atoms with Gasteiger partial charge in [-0.15, -0.1) is 0 Å². The third kappa shape index (κ3) is 3.09. The molecule has 0 aliphatic heterocycles. The van der Waals surface area contributed by atoms with Gasteiger partial charge in [0.2, 0.25) is 0 Å². The zero-order valence-corrected chi connectivity index (χ0v) is 11.7. The smallest absolute Gasteiger partial charge is 0.0392 e.